The molecule has 2 unspecified atom stereocenters. The van der Waals surface area contributed by atoms with Crippen molar-refractivity contribution >= 4 is 28.5 Å². The molecule has 1 aliphatic rings. The quantitative estimate of drug-likeness (QED) is 0.395. The second kappa shape index (κ2) is 13.1. The minimum atomic E-state index is -4.52. The molecule has 2 aromatic rings. The summed E-state index contributed by atoms with van der Waals surface area (Å²) < 4.78 is 39.7. The largest absolute Gasteiger partial charge is 0.416 e. The monoisotopic (exact) mass is 524 g/mol. The zero-order valence-corrected chi connectivity index (χ0v) is 22.3. The Bertz CT molecular complexity index is 1130. The predicted molar refractivity (Wildman–Crippen MR) is 139 cm³/mol. The lowest BCUT2D eigenvalue weighted by molar-refractivity contribution is -0.114. The Labute approximate surface area is 216 Å². The number of nitrogens with two attached hydrogens (primary N) is 1. The van der Waals surface area contributed by atoms with Crippen molar-refractivity contribution in [2.24, 2.45) is 23.5 Å². The van der Waals surface area contributed by atoms with Gasteiger partial charge in [0.15, 0.2) is 5.65 Å². The summed E-state index contributed by atoms with van der Waals surface area (Å²) in [6, 6.07) is 4.10. The molecule has 2 heterocycles. The fourth-order valence-electron chi connectivity index (χ4n) is 4.13. The molecule has 0 saturated heterocycles. The second-order valence-electron chi connectivity index (χ2n) is 9.68. The van der Waals surface area contributed by atoms with E-state index in [1.165, 1.54) is 44.1 Å². The van der Waals surface area contributed by atoms with Crippen LogP contribution in [0.25, 0.3) is 11.0 Å². The van der Waals surface area contributed by atoms with Crippen molar-refractivity contribution in [3.8, 4) is 0 Å². The summed E-state index contributed by atoms with van der Waals surface area (Å²) in [7, 11) is 0. The van der Waals surface area contributed by atoms with E-state index in [0.29, 0.717) is 12.0 Å². The number of amides is 1. The summed E-state index contributed by atoms with van der Waals surface area (Å²) >= 11 is 5.68. The first-order valence-electron chi connectivity index (χ1n) is 12.3. The van der Waals surface area contributed by atoms with Crippen LogP contribution in [0.2, 0.25) is 0 Å². The standard InChI is InChI=1S/C17H27N3.C10H9ClF3NO/c1-5-7-15(10-9-13(2)3)12-20-17-16(14(4)19-20)8-6-11-18-17;1-5-2-6(10(12,13)14)4-7(9(15)16)8(11)3-5/h6,8,11,13,15H,5,7,9-10,12H2,1-4H3;2-5H,1H3,(H2,15,16). The van der Waals surface area contributed by atoms with Gasteiger partial charge in [0.1, 0.15) is 0 Å². The average Bonchev–Trinajstić information content (AvgIpc) is 2.99. The molecule has 0 aromatic carbocycles. The highest BCUT2D eigenvalue weighted by atomic mass is 35.5. The topological polar surface area (TPSA) is 73.8 Å². The van der Waals surface area contributed by atoms with Crippen LogP contribution in [0.5, 0.6) is 0 Å². The number of alkyl halides is 3. The summed E-state index contributed by atoms with van der Waals surface area (Å²) in [4.78, 5) is 15.4. The van der Waals surface area contributed by atoms with Crippen LogP contribution in [0.1, 0.15) is 59.1 Å². The number of hydrogen-bond acceptors (Lipinski definition) is 3. The summed E-state index contributed by atoms with van der Waals surface area (Å²) in [6.07, 6.45) is 5.45. The van der Waals surface area contributed by atoms with Gasteiger partial charge in [-0.15, -0.1) is 0 Å². The summed E-state index contributed by atoms with van der Waals surface area (Å²) in [6.45, 7) is 11.5. The molecule has 0 aliphatic heterocycles. The first kappa shape index (κ1) is 29.6. The van der Waals surface area contributed by atoms with Gasteiger partial charge in [-0.25, -0.2) is 9.67 Å². The zero-order valence-electron chi connectivity index (χ0n) is 21.6. The molecule has 5 nitrogen and oxygen atoms in total. The van der Waals surface area contributed by atoms with Gasteiger partial charge in [0, 0.05) is 23.2 Å². The molecule has 2 atom stereocenters. The molecular formula is C27H36ClF3N4O. The third kappa shape index (κ3) is 8.50. The maximum absolute atomic E-state index is 12.5. The number of primary amides is 1. The highest BCUT2D eigenvalue weighted by Gasteiger charge is 2.34. The first-order valence-corrected chi connectivity index (χ1v) is 12.7. The number of aromatic nitrogens is 3. The van der Waals surface area contributed by atoms with Crippen LogP contribution in [-0.2, 0) is 11.3 Å². The van der Waals surface area contributed by atoms with Crippen LogP contribution < -0.4 is 5.73 Å². The van der Waals surface area contributed by atoms with E-state index < -0.39 is 23.6 Å². The molecular weight excluding hydrogens is 489 g/mol. The van der Waals surface area contributed by atoms with Gasteiger partial charge in [0.2, 0.25) is 5.91 Å². The van der Waals surface area contributed by atoms with E-state index in [2.05, 4.69) is 43.4 Å². The smallest absolute Gasteiger partial charge is 0.366 e. The highest BCUT2D eigenvalue weighted by Crippen LogP contribution is 2.33. The molecule has 36 heavy (non-hydrogen) atoms. The molecule has 2 N–H and O–H groups in total. The van der Waals surface area contributed by atoms with E-state index in [0.717, 1.165) is 29.9 Å². The van der Waals surface area contributed by atoms with E-state index in [-0.39, 0.29) is 10.6 Å². The highest BCUT2D eigenvalue weighted by molar-refractivity contribution is 6.35. The number of nitrogens with zero attached hydrogens (tertiary/aromatic N) is 3. The van der Waals surface area contributed by atoms with Crippen molar-refractivity contribution in [3.05, 3.63) is 58.4 Å². The number of halogens is 4. The fourth-order valence-corrected chi connectivity index (χ4v) is 4.48. The van der Waals surface area contributed by atoms with Gasteiger partial charge >= 0.3 is 6.18 Å². The average molecular weight is 525 g/mol. The molecule has 9 heteroatoms. The number of aryl methyl sites for hydroxylation is 1. The van der Waals surface area contributed by atoms with Gasteiger partial charge in [0.05, 0.1) is 16.8 Å². The fraction of sp³-hybridized carbons (Fsp3) is 0.519. The minimum Gasteiger partial charge on any atom is -0.366 e. The number of hydrogen-bond donors (Lipinski definition) is 1. The maximum atomic E-state index is 12.5. The Morgan fingerprint density at radius 3 is 2.50 bits per heavy atom. The van der Waals surface area contributed by atoms with Gasteiger partial charge in [-0.05, 0) is 55.7 Å². The number of fused-ring (bicyclic) bond motifs is 1. The molecule has 3 rings (SSSR count). The van der Waals surface area contributed by atoms with Gasteiger partial charge in [-0.1, -0.05) is 64.3 Å². The zero-order chi connectivity index (χ0) is 27.0. The Kier molecular flexibility index (Phi) is 10.8. The molecule has 0 fully saturated rings. The van der Waals surface area contributed by atoms with Crippen molar-refractivity contribution in [2.75, 3.05) is 0 Å². The normalized spacial score (nSPS) is 17.1. The van der Waals surface area contributed by atoms with Crippen molar-refractivity contribution in [1.82, 2.24) is 14.8 Å². The molecule has 0 radical (unpaired) electrons. The second-order valence-corrected chi connectivity index (χ2v) is 10.1. The predicted octanol–water partition coefficient (Wildman–Crippen LogP) is 7.25. The molecule has 0 bridgehead atoms. The van der Waals surface area contributed by atoms with Crippen molar-refractivity contribution in [3.63, 3.8) is 0 Å². The van der Waals surface area contributed by atoms with Crippen LogP contribution in [0.15, 0.2) is 52.7 Å². The minimum absolute atomic E-state index is 0.0597. The molecule has 198 valence electrons. The third-order valence-corrected chi connectivity index (χ3v) is 6.30. The van der Waals surface area contributed by atoms with E-state index in [4.69, 9.17) is 22.4 Å². The SMILES string of the molecule is CC1C=C(Cl)C(C(N)=O)=CC(C(F)(F)F)=C1.CCCC(CCC(C)C)Cn1nc(C)c2cccnc21. The van der Waals surface area contributed by atoms with Gasteiger partial charge in [0.25, 0.3) is 0 Å². The summed E-state index contributed by atoms with van der Waals surface area (Å²) in [5, 5.41) is 5.82. The van der Waals surface area contributed by atoms with E-state index in [1.54, 1.807) is 0 Å². The van der Waals surface area contributed by atoms with Crippen LogP contribution in [0.3, 0.4) is 0 Å². The van der Waals surface area contributed by atoms with Crippen LogP contribution >= 0.6 is 11.6 Å². The van der Waals surface area contributed by atoms with Gasteiger partial charge < -0.3 is 5.73 Å². The molecule has 0 saturated carbocycles. The lowest BCUT2D eigenvalue weighted by atomic mass is 9.94. The third-order valence-electron chi connectivity index (χ3n) is 5.97. The van der Waals surface area contributed by atoms with Crippen LogP contribution in [0, 0.1) is 24.7 Å². The molecule has 0 spiro atoms. The van der Waals surface area contributed by atoms with E-state index >= 15 is 0 Å². The van der Waals surface area contributed by atoms with Crippen LogP contribution in [-0.4, -0.2) is 26.8 Å². The Morgan fingerprint density at radius 2 is 1.92 bits per heavy atom. The lowest BCUT2D eigenvalue weighted by Crippen LogP contribution is -2.16. The lowest BCUT2D eigenvalue weighted by Gasteiger charge is -2.17. The number of rotatable bonds is 8. The van der Waals surface area contributed by atoms with Gasteiger partial charge in [-0.3, -0.25) is 4.79 Å². The van der Waals surface area contributed by atoms with E-state index in [1.807, 2.05) is 12.3 Å². The molecule has 1 aliphatic carbocycles. The van der Waals surface area contributed by atoms with E-state index in [9.17, 15) is 18.0 Å². The summed E-state index contributed by atoms with van der Waals surface area (Å²) in [5.74, 6) is -0.00165. The van der Waals surface area contributed by atoms with Crippen molar-refractivity contribution in [1.29, 1.82) is 0 Å². The Balaban J connectivity index is 0.000000261. The Morgan fingerprint density at radius 1 is 1.22 bits per heavy atom. The molecule has 2 aromatic heterocycles. The first-order chi connectivity index (χ1) is 16.8. The number of pyridine rings is 1. The van der Waals surface area contributed by atoms with Crippen molar-refractivity contribution in [2.45, 2.75) is 73.0 Å². The van der Waals surface area contributed by atoms with Crippen molar-refractivity contribution < 1.29 is 18.0 Å². The number of carbonyl (C=O) groups is 1. The maximum Gasteiger partial charge on any atom is 0.416 e. The summed E-state index contributed by atoms with van der Waals surface area (Å²) in [5.41, 5.74) is 5.84. The van der Waals surface area contributed by atoms with Gasteiger partial charge in [-0.2, -0.15) is 18.3 Å². The number of allylic oxidation sites excluding steroid dienone is 4. The Hall–Kier alpha value is -2.61. The number of carbonyl (C=O) groups excluding carboxylic acids is 1. The van der Waals surface area contributed by atoms with Crippen LogP contribution in [0.4, 0.5) is 13.2 Å². The molecule has 1 amide bonds.